The zero-order valence-electron chi connectivity index (χ0n) is 25.3. The summed E-state index contributed by atoms with van der Waals surface area (Å²) in [6.45, 7) is 3.94. The molecule has 4 nitrogen and oxygen atoms in total. The Morgan fingerprint density at radius 3 is 1.20 bits per heavy atom. The third kappa shape index (κ3) is 11.4. The highest BCUT2D eigenvalue weighted by Crippen LogP contribution is 2.33. The molecule has 0 unspecified atom stereocenters. The third-order valence-corrected chi connectivity index (χ3v) is 7.02. The Morgan fingerprint density at radius 1 is 0.489 bits per heavy atom. The molecule has 0 N–H and O–H groups in total. The second-order valence-corrected chi connectivity index (χ2v) is 11.2. The maximum Gasteiger partial charge on any atom is 0.488 e. The second-order valence-electron chi connectivity index (χ2n) is 10.3. The molecule has 0 fully saturated rings. The average Bonchev–Trinajstić information content (AvgIpc) is 3.05. The normalized spacial score (nSPS) is 10.4. The highest BCUT2D eigenvalue weighted by Gasteiger charge is 2.11. The van der Waals surface area contributed by atoms with Crippen molar-refractivity contribution in [3.05, 3.63) is 192 Å². The van der Waals surface area contributed by atoms with Crippen LogP contribution in [0.25, 0.3) is 0 Å². The molecule has 0 radical (unpaired) electrons. The van der Waals surface area contributed by atoms with E-state index in [0.717, 1.165) is 12.0 Å². The maximum atomic E-state index is 11.9. The molecular weight excluding hydrogens is 581 g/mol. The van der Waals surface area contributed by atoms with Crippen molar-refractivity contribution >= 4 is 27.6 Å². The number of para-hydroxylation sites is 2. The van der Waals surface area contributed by atoms with E-state index in [1.54, 1.807) is 12.1 Å². The minimum atomic E-state index is -4.89. The molecule has 0 heterocycles. The van der Waals surface area contributed by atoms with Crippen LogP contribution in [0.15, 0.2) is 170 Å². The van der Waals surface area contributed by atoms with Gasteiger partial charge >= 0.3 is 10.5 Å². The zero-order chi connectivity index (χ0) is 31.9. The number of halogens is 1. The number of hydrogen-bond acceptors (Lipinski definition) is 4. The number of aryl methyl sites for hydroxylation is 2. The van der Waals surface area contributed by atoms with E-state index in [1.807, 2.05) is 19.1 Å². The molecule has 6 heteroatoms. The van der Waals surface area contributed by atoms with E-state index in [1.165, 1.54) is 45.9 Å². The summed E-state index contributed by atoms with van der Waals surface area (Å²) in [5.41, 5.74) is 8.47. The summed E-state index contributed by atoms with van der Waals surface area (Å²) in [6, 6.07) is 56.6. The molecule has 0 atom stereocenters. The first-order valence-corrected chi connectivity index (χ1v) is 15.8. The highest BCUT2D eigenvalue weighted by molar-refractivity contribution is 7.81. The van der Waals surface area contributed by atoms with Crippen LogP contribution in [0.5, 0.6) is 5.75 Å². The number of benzene rings is 6. The SMILES string of the molecule is Cc1ccc(N(c2ccccc2)c2ccccc2)cc1.Cc1ccc(OS(=O)(=O)F)cc1.c1ccc(Cc2ccccc2)cc1. The predicted molar refractivity (Wildman–Crippen MR) is 183 cm³/mol. The lowest BCUT2D eigenvalue weighted by Crippen LogP contribution is -2.09. The van der Waals surface area contributed by atoms with Crippen molar-refractivity contribution in [2.45, 2.75) is 20.3 Å². The van der Waals surface area contributed by atoms with Gasteiger partial charge in [-0.3, -0.25) is 0 Å². The lowest BCUT2D eigenvalue weighted by atomic mass is 10.1. The van der Waals surface area contributed by atoms with Crippen LogP contribution < -0.4 is 9.08 Å². The molecule has 0 aliphatic heterocycles. The van der Waals surface area contributed by atoms with Crippen molar-refractivity contribution in [2.24, 2.45) is 0 Å². The standard InChI is InChI=1S/C19H17N.C13H12.C7H7FO3S/c1-16-12-14-19(15-13-16)20(17-8-4-2-5-9-17)18-10-6-3-7-11-18;1-3-7-12(8-4-1)11-13-9-5-2-6-10-13;1-6-2-4-7(5-3-6)11-12(8,9)10/h2-15H,1H3;1-10H,11H2;2-5H,1H3. The lowest BCUT2D eigenvalue weighted by Gasteiger charge is -2.25. The molecule has 0 saturated carbocycles. The van der Waals surface area contributed by atoms with E-state index in [4.69, 9.17) is 0 Å². The molecular formula is C39H36FNO3S. The Bertz CT molecular complexity index is 1720. The molecule has 0 aliphatic carbocycles. The summed E-state index contributed by atoms with van der Waals surface area (Å²) in [7, 11) is -4.89. The quantitative estimate of drug-likeness (QED) is 0.167. The molecule has 6 aromatic carbocycles. The van der Waals surface area contributed by atoms with Gasteiger partial charge in [-0.15, -0.1) is 0 Å². The van der Waals surface area contributed by atoms with Crippen molar-refractivity contribution in [1.82, 2.24) is 0 Å². The Balaban J connectivity index is 0.000000161. The Labute approximate surface area is 266 Å². The van der Waals surface area contributed by atoms with Gasteiger partial charge in [-0.05, 0) is 79.9 Å². The summed E-state index contributed by atoms with van der Waals surface area (Å²) in [6.07, 6.45) is 1.03. The molecule has 0 spiro atoms. The minimum Gasteiger partial charge on any atom is -0.358 e. The van der Waals surface area contributed by atoms with Gasteiger partial charge in [0.25, 0.3) is 0 Å². The molecule has 6 aromatic rings. The Hall–Kier alpha value is -5.20. The van der Waals surface area contributed by atoms with Crippen molar-refractivity contribution in [3.63, 3.8) is 0 Å². The first-order valence-electron chi connectivity index (χ1n) is 14.5. The fraction of sp³-hybridized carbons (Fsp3) is 0.0769. The molecule has 0 aromatic heterocycles. The summed E-state index contributed by atoms with van der Waals surface area (Å²) in [4.78, 5) is 2.26. The number of nitrogens with zero attached hydrogens (tertiary/aromatic N) is 1. The first-order chi connectivity index (χ1) is 21.8. The van der Waals surface area contributed by atoms with E-state index in [2.05, 4.69) is 149 Å². The van der Waals surface area contributed by atoms with E-state index in [-0.39, 0.29) is 5.75 Å². The van der Waals surface area contributed by atoms with Crippen LogP contribution in [0.1, 0.15) is 22.3 Å². The molecule has 0 amide bonds. The molecule has 6 rings (SSSR count). The van der Waals surface area contributed by atoms with Gasteiger partial charge in [-0.1, -0.05) is 136 Å². The van der Waals surface area contributed by atoms with Gasteiger partial charge in [-0.25, -0.2) is 0 Å². The van der Waals surface area contributed by atoms with Crippen molar-refractivity contribution in [3.8, 4) is 5.75 Å². The lowest BCUT2D eigenvalue weighted by molar-refractivity contribution is 0.440. The molecule has 0 bridgehead atoms. The molecule has 228 valence electrons. The van der Waals surface area contributed by atoms with Gasteiger partial charge in [0, 0.05) is 17.1 Å². The van der Waals surface area contributed by atoms with Crippen LogP contribution >= 0.6 is 0 Å². The molecule has 0 saturated heterocycles. The van der Waals surface area contributed by atoms with Crippen molar-refractivity contribution in [1.29, 1.82) is 0 Å². The highest BCUT2D eigenvalue weighted by atomic mass is 32.3. The van der Waals surface area contributed by atoms with Crippen LogP contribution in [0.3, 0.4) is 0 Å². The van der Waals surface area contributed by atoms with Crippen LogP contribution in [0.2, 0.25) is 0 Å². The largest absolute Gasteiger partial charge is 0.488 e. The van der Waals surface area contributed by atoms with Gasteiger partial charge in [0.2, 0.25) is 0 Å². The van der Waals surface area contributed by atoms with Gasteiger partial charge in [-0.2, -0.15) is 8.42 Å². The summed E-state index contributed by atoms with van der Waals surface area (Å²) < 4.78 is 35.9. The van der Waals surface area contributed by atoms with Gasteiger partial charge in [0.15, 0.2) is 0 Å². The van der Waals surface area contributed by atoms with E-state index in [9.17, 15) is 12.3 Å². The molecule has 45 heavy (non-hydrogen) atoms. The Morgan fingerprint density at radius 2 is 0.822 bits per heavy atom. The maximum absolute atomic E-state index is 11.9. The van der Waals surface area contributed by atoms with Gasteiger partial charge in [0.05, 0.1) is 0 Å². The predicted octanol–water partition coefficient (Wildman–Crippen LogP) is 10.3. The van der Waals surface area contributed by atoms with E-state index in [0.29, 0.717) is 0 Å². The number of rotatable bonds is 7. The Kier molecular flexibility index (Phi) is 12.1. The van der Waals surface area contributed by atoms with Gasteiger partial charge < -0.3 is 9.08 Å². The van der Waals surface area contributed by atoms with E-state index < -0.39 is 10.5 Å². The van der Waals surface area contributed by atoms with Crippen molar-refractivity contribution < 1.29 is 16.5 Å². The topological polar surface area (TPSA) is 46.6 Å². The number of hydrogen-bond donors (Lipinski definition) is 0. The summed E-state index contributed by atoms with van der Waals surface area (Å²) in [5, 5.41) is 0. The van der Waals surface area contributed by atoms with Gasteiger partial charge in [0.1, 0.15) is 5.75 Å². The monoisotopic (exact) mass is 617 g/mol. The number of anilines is 3. The summed E-state index contributed by atoms with van der Waals surface area (Å²) in [5.74, 6) is -0.0249. The van der Waals surface area contributed by atoms with E-state index >= 15 is 0 Å². The van der Waals surface area contributed by atoms with Crippen LogP contribution in [-0.4, -0.2) is 8.42 Å². The smallest absolute Gasteiger partial charge is 0.358 e. The van der Waals surface area contributed by atoms with Crippen LogP contribution in [0, 0.1) is 13.8 Å². The molecule has 0 aliphatic rings. The summed E-state index contributed by atoms with van der Waals surface area (Å²) >= 11 is 0. The fourth-order valence-corrected chi connectivity index (χ4v) is 4.77. The van der Waals surface area contributed by atoms with Crippen LogP contribution in [-0.2, 0) is 16.9 Å². The van der Waals surface area contributed by atoms with Crippen molar-refractivity contribution in [2.75, 3.05) is 4.90 Å². The minimum absolute atomic E-state index is 0.0249. The first kappa shape index (κ1) is 32.7. The average molecular weight is 618 g/mol. The fourth-order valence-electron chi connectivity index (χ4n) is 4.43. The van der Waals surface area contributed by atoms with Crippen LogP contribution in [0.4, 0.5) is 20.9 Å². The second kappa shape index (κ2) is 16.6. The zero-order valence-corrected chi connectivity index (χ0v) is 26.1. The third-order valence-electron chi connectivity index (χ3n) is 6.63.